The van der Waals surface area contributed by atoms with Crippen LogP contribution in [-0.4, -0.2) is 14.1 Å². The molecular formula is C10H11NS2. The van der Waals surface area contributed by atoms with Gasteiger partial charge < -0.3 is 4.90 Å². The Morgan fingerprint density at radius 2 is 2.00 bits per heavy atom. The van der Waals surface area contributed by atoms with Gasteiger partial charge in [0.1, 0.15) is 0 Å². The molecule has 0 bridgehead atoms. The minimum absolute atomic E-state index is 1.02. The number of anilines is 1. The van der Waals surface area contributed by atoms with E-state index in [0.29, 0.717) is 0 Å². The fraction of sp³-hybridized carbons (Fsp3) is 0.200. The van der Waals surface area contributed by atoms with Crippen LogP contribution in [0.4, 0.5) is 5.00 Å². The van der Waals surface area contributed by atoms with Crippen molar-refractivity contribution < 1.29 is 0 Å². The number of thiophene rings is 1. The van der Waals surface area contributed by atoms with E-state index in [9.17, 15) is 0 Å². The van der Waals surface area contributed by atoms with Crippen molar-refractivity contribution in [2.45, 2.75) is 4.90 Å². The van der Waals surface area contributed by atoms with Gasteiger partial charge in [-0.25, -0.2) is 0 Å². The second kappa shape index (κ2) is 3.24. The van der Waals surface area contributed by atoms with E-state index >= 15 is 0 Å². The van der Waals surface area contributed by atoms with Gasteiger partial charge in [0.25, 0.3) is 0 Å². The summed E-state index contributed by atoms with van der Waals surface area (Å²) in [5.41, 5.74) is 0. The van der Waals surface area contributed by atoms with Crippen molar-refractivity contribution in [1.82, 2.24) is 0 Å². The molecule has 0 aliphatic rings. The van der Waals surface area contributed by atoms with Crippen molar-refractivity contribution >= 4 is 39.1 Å². The van der Waals surface area contributed by atoms with Crippen molar-refractivity contribution in [2.75, 3.05) is 19.0 Å². The predicted molar refractivity (Wildman–Crippen MR) is 63.4 cm³/mol. The van der Waals surface area contributed by atoms with Crippen molar-refractivity contribution in [2.24, 2.45) is 0 Å². The summed E-state index contributed by atoms with van der Waals surface area (Å²) in [5, 5.41) is 2.56. The molecule has 0 atom stereocenters. The molecule has 0 aliphatic heterocycles. The normalized spacial score (nSPS) is 10.7. The number of thiol groups is 1. The van der Waals surface area contributed by atoms with Crippen LogP contribution in [0.1, 0.15) is 0 Å². The molecule has 1 heterocycles. The first kappa shape index (κ1) is 8.91. The molecule has 0 unspecified atom stereocenters. The largest absolute Gasteiger partial charge is 0.370 e. The molecule has 0 spiro atoms. The van der Waals surface area contributed by atoms with E-state index in [2.05, 4.69) is 49.8 Å². The molecule has 0 N–H and O–H groups in total. The molecule has 0 radical (unpaired) electrons. The molecule has 1 nitrogen and oxygen atoms in total. The maximum atomic E-state index is 4.31. The van der Waals surface area contributed by atoms with Crippen LogP contribution in [0.2, 0.25) is 0 Å². The first-order valence-electron chi connectivity index (χ1n) is 4.07. The highest BCUT2D eigenvalue weighted by molar-refractivity contribution is 7.80. The maximum absolute atomic E-state index is 4.31. The summed E-state index contributed by atoms with van der Waals surface area (Å²) in [7, 11) is 4.12. The molecule has 13 heavy (non-hydrogen) atoms. The van der Waals surface area contributed by atoms with E-state index in [1.165, 1.54) is 15.1 Å². The average Bonchev–Trinajstić information content (AvgIpc) is 2.46. The molecule has 0 fully saturated rings. The second-order valence-electron chi connectivity index (χ2n) is 3.20. The first-order chi connectivity index (χ1) is 6.16. The number of rotatable bonds is 1. The Labute approximate surface area is 87.4 Å². The lowest BCUT2D eigenvalue weighted by Crippen LogP contribution is -2.05. The van der Waals surface area contributed by atoms with Gasteiger partial charge in [-0.3, -0.25) is 0 Å². The Morgan fingerprint density at radius 1 is 1.23 bits per heavy atom. The third kappa shape index (κ3) is 1.67. The number of hydrogen-bond acceptors (Lipinski definition) is 3. The van der Waals surface area contributed by atoms with Crippen LogP contribution in [0.25, 0.3) is 10.1 Å². The lowest BCUT2D eigenvalue weighted by Gasteiger charge is -2.06. The topological polar surface area (TPSA) is 3.24 Å². The quantitative estimate of drug-likeness (QED) is 0.706. The zero-order chi connectivity index (χ0) is 9.42. The number of hydrogen-bond donors (Lipinski definition) is 1. The van der Waals surface area contributed by atoms with Gasteiger partial charge in [-0.2, -0.15) is 0 Å². The van der Waals surface area contributed by atoms with Gasteiger partial charge in [-0.05, 0) is 29.7 Å². The Bertz CT molecular complexity index is 431. The molecule has 2 rings (SSSR count). The molecule has 3 heteroatoms. The molecule has 1 aromatic heterocycles. The Kier molecular flexibility index (Phi) is 2.22. The molecule has 0 amide bonds. The first-order valence-corrected chi connectivity index (χ1v) is 5.33. The third-order valence-electron chi connectivity index (χ3n) is 1.93. The van der Waals surface area contributed by atoms with E-state index in [-0.39, 0.29) is 0 Å². The van der Waals surface area contributed by atoms with E-state index in [4.69, 9.17) is 0 Å². The fourth-order valence-electron chi connectivity index (χ4n) is 1.24. The van der Waals surface area contributed by atoms with E-state index < -0.39 is 0 Å². The lowest BCUT2D eigenvalue weighted by molar-refractivity contribution is 1.16. The molecular weight excluding hydrogens is 198 g/mol. The summed E-state index contributed by atoms with van der Waals surface area (Å²) in [6.45, 7) is 0. The van der Waals surface area contributed by atoms with E-state index in [1.54, 1.807) is 11.3 Å². The van der Waals surface area contributed by atoms with Crippen LogP contribution in [0, 0.1) is 0 Å². The van der Waals surface area contributed by atoms with Gasteiger partial charge in [0.15, 0.2) is 0 Å². The van der Waals surface area contributed by atoms with Gasteiger partial charge in [0, 0.05) is 23.7 Å². The van der Waals surface area contributed by atoms with Crippen LogP contribution in [0.3, 0.4) is 0 Å². The number of fused-ring (bicyclic) bond motifs is 1. The van der Waals surface area contributed by atoms with E-state index in [0.717, 1.165) is 4.90 Å². The van der Waals surface area contributed by atoms with Crippen LogP contribution in [-0.2, 0) is 0 Å². The fourth-order valence-corrected chi connectivity index (χ4v) is 2.42. The van der Waals surface area contributed by atoms with E-state index in [1.807, 2.05) is 6.07 Å². The lowest BCUT2D eigenvalue weighted by atomic mass is 10.3. The second-order valence-corrected chi connectivity index (χ2v) is 4.78. The highest BCUT2D eigenvalue weighted by atomic mass is 32.1. The predicted octanol–water partition coefficient (Wildman–Crippen LogP) is 3.26. The summed E-state index contributed by atoms with van der Waals surface area (Å²) < 4.78 is 1.32. The van der Waals surface area contributed by atoms with Crippen LogP contribution in [0.5, 0.6) is 0 Å². The summed E-state index contributed by atoms with van der Waals surface area (Å²) in [6.07, 6.45) is 0. The van der Waals surface area contributed by atoms with Crippen molar-refractivity contribution in [1.29, 1.82) is 0 Å². The smallest absolute Gasteiger partial charge is 0.0915 e. The van der Waals surface area contributed by atoms with Gasteiger partial charge in [-0.1, -0.05) is 0 Å². The number of benzene rings is 1. The summed E-state index contributed by atoms with van der Waals surface area (Å²) >= 11 is 6.12. The van der Waals surface area contributed by atoms with Gasteiger partial charge in [-0.15, -0.1) is 24.0 Å². The Balaban J connectivity index is 2.62. The maximum Gasteiger partial charge on any atom is 0.0915 e. The standard InChI is InChI=1S/C10H11NS2/c1-11(2)10-6-7-5-8(12)3-4-9(7)13-10/h3-6,12H,1-2H3. The highest BCUT2D eigenvalue weighted by Gasteiger charge is 2.02. The monoisotopic (exact) mass is 209 g/mol. The van der Waals surface area contributed by atoms with Crippen LogP contribution in [0.15, 0.2) is 29.2 Å². The molecule has 1 aromatic carbocycles. The van der Waals surface area contributed by atoms with Crippen LogP contribution >= 0.6 is 24.0 Å². The molecule has 68 valence electrons. The van der Waals surface area contributed by atoms with Crippen molar-refractivity contribution in [3.63, 3.8) is 0 Å². The highest BCUT2D eigenvalue weighted by Crippen LogP contribution is 2.32. The molecule has 0 saturated heterocycles. The summed E-state index contributed by atoms with van der Waals surface area (Å²) in [5.74, 6) is 0. The van der Waals surface area contributed by atoms with Crippen molar-refractivity contribution in [3.05, 3.63) is 24.3 Å². The Morgan fingerprint density at radius 3 is 2.69 bits per heavy atom. The van der Waals surface area contributed by atoms with Gasteiger partial charge in [0.2, 0.25) is 0 Å². The Hall–Kier alpha value is -0.670. The third-order valence-corrected chi connectivity index (χ3v) is 3.49. The number of nitrogens with zero attached hydrogens (tertiary/aromatic N) is 1. The molecule has 0 aliphatic carbocycles. The summed E-state index contributed by atoms with van der Waals surface area (Å²) in [4.78, 5) is 3.15. The van der Waals surface area contributed by atoms with Crippen LogP contribution < -0.4 is 4.90 Å². The van der Waals surface area contributed by atoms with Crippen molar-refractivity contribution in [3.8, 4) is 0 Å². The molecule has 2 aromatic rings. The zero-order valence-electron chi connectivity index (χ0n) is 7.61. The SMILES string of the molecule is CN(C)c1cc2cc(S)ccc2s1. The summed E-state index contributed by atoms with van der Waals surface area (Å²) in [6, 6.07) is 8.44. The molecule has 0 saturated carbocycles. The zero-order valence-corrected chi connectivity index (χ0v) is 9.32. The van der Waals surface area contributed by atoms with Gasteiger partial charge >= 0.3 is 0 Å². The minimum Gasteiger partial charge on any atom is -0.370 e. The van der Waals surface area contributed by atoms with Gasteiger partial charge in [0.05, 0.1) is 5.00 Å². The average molecular weight is 209 g/mol. The minimum atomic E-state index is 1.02.